The summed E-state index contributed by atoms with van der Waals surface area (Å²) in [7, 11) is 0. The van der Waals surface area contributed by atoms with Gasteiger partial charge in [-0.25, -0.2) is 0 Å². The second-order valence-electron chi connectivity index (χ2n) is 6.22. The van der Waals surface area contributed by atoms with E-state index in [-0.39, 0.29) is 18.4 Å². The fourth-order valence-corrected chi connectivity index (χ4v) is 2.75. The van der Waals surface area contributed by atoms with Gasteiger partial charge in [0.2, 0.25) is 17.6 Å². The summed E-state index contributed by atoms with van der Waals surface area (Å²) in [6, 6.07) is 15.2. The van der Waals surface area contributed by atoms with Gasteiger partial charge >= 0.3 is 0 Å². The lowest BCUT2D eigenvalue weighted by molar-refractivity contribution is -0.121. The summed E-state index contributed by atoms with van der Waals surface area (Å²) in [5.74, 6) is 0.928. The molecular weight excluding hydrogens is 350 g/mol. The number of nitrogens with zero attached hydrogens (tertiary/aromatic N) is 2. The maximum Gasteiger partial charge on any atom is 0.227 e. The first-order valence-electron chi connectivity index (χ1n) is 8.46. The Hall–Kier alpha value is -2.66. The molecule has 0 bridgehead atoms. The molecule has 1 aromatic heterocycles. The predicted octanol–water partition coefficient (Wildman–Crippen LogP) is 4.51. The van der Waals surface area contributed by atoms with Crippen molar-refractivity contribution in [3.05, 3.63) is 70.6 Å². The van der Waals surface area contributed by atoms with Crippen LogP contribution in [0.2, 0.25) is 5.02 Å². The van der Waals surface area contributed by atoms with Crippen LogP contribution in [0.1, 0.15) is 36.4 Å². The highest BCUT2D eigenvalue weighted by Crippen LogP contribution is 2.18. The van der Waals surface area contributed by atoms with Crippen LogP contribution in [0, 0.1) is 6.92 Å². The zero-order valence-corrected chi connectivity index (χ0v) is 15.5. The van der Waals surface area contributed by atoms with Crippen LogP contribution in [0.15, 0.2) is 53.1 Å². The minimum Gasteiger partial charge on any atom is -0.350 e. The molecule has 0 fully saturated rings. The van der Waals surface area contributed by atoms with Gasteiger partial charge < -0.3 is 9.84 Å². The molecule has 0 spiro atoms. The summed E-state index contributed by atoms with van der Waals surface area (Å²) >= 11 is 5.88. The Balaban J connectivity index is 1.54. The van der Waals surface area contributed by atoms with Crippen LogP contribution in [0.4, 0.5) is 0 Å². The van der Waals surface area contributed by atoms with Crippen LogP contribution < -0.4 is 5.32 Å². The summed E-state index contributed by atoms with van der Waals surface area (Å²) < 4.78 is 5.26. The minimum absolute atomic E-state index is 0.0669. The monoisotopic (exact) mass is 369 g/mol. The third-order valence-corrected chi connectivity index (χ3v) is 4.31. The Bertz CT molecular complexity index is 890. The first kappa shape index (κ1) is 18.1. The van der Waals surface area contributed by atoms with Crippen molar-refractivity contribution in [1.82, 2.24) is 15.5 Å². The Morgan fingerprint density at radius 3 is 2.73 bits per heavy atom. The third kappa shape index (κ3) is 4.70. The largest absolute Gasteiger partial charge is 0.350 e. The Labute approximate surface area is 157 Å². The average Bonchev–Trinajstić information content (AvgIpc) is 3.09. The molecule has 0 radical (unpaired) electrons. The minimum atomic E-state index is -0.0923. The van der Waals surface area contributed by atoms with Crippen LogP contribution in [0.3, 0.4) is 0 Å². The lowest BCUT2D eigenvalue weighted by Crippen LogP contribution is -2.26. The van der Waals surface area contributed by atoms with E-state index in [1.165, 1.54) is 0 Å². The van der Waals surface area contributed by atoms with Crippen LogP contribution in [0.25, 0.3) is 11.4 Å². The molecule has 1 N–H and O–H groups in total. The lowest BCUT2D eigenvalue weighted by Gasteiger charge is -2.14. The van der Waals surface area contributed by atoms with Gasteiger partial charge in [0.15, 0.2) is 0 Å². The van der Waals surface area contributed by atoms with Crippen molar-refractivity contribution in [3.8, 4) is 11.4 Å². The van der Waals surface area contributed by atoms with E-state index in [0.29, 0.717) is 23.2 Å². The second kappa shape index (κ2) is 8.15. The van der Waals surface area contributed by atoms with E-state index in [2.05, 4.69) is 15.5 Å². The van der Waals surface area contributed by atoms with Crippen LogP contribution in [-0.4, -0.2) is 16.0 Å². The molecule has 0 aliphatic heterocycles. The maximum absolute atomic E-state index is 12.2. The van der Waals surface area contributed by atoms with E-state index in [9.17, 15) is 4.79 Å². The molecule has 0 unspecified atom stereocenters. The number of halogens is 1. The van der Waals surface area contributed by atoms with Gasteiger partial charge in [-0.1, -0.05) is 52.7 Å². The topological polar surface area (TPSA) is 68.0 Å². The molecule has 0 aliphatic carbocycles. The van der Waals surface area contributed by atoms with Crippen molar-refractivity contribution in [2.45, 2.75) is 32.7 Å². The molecule has 3 aromatic rings. The number of hydrogen-bond donors (Lipinski definition) is 1. The third-order valence-electron chi connectivity index (χ3n) is 4.06. The summed E-state index contributed by atoms with van der Waals surface area (Å²) in [4.78, 5) is 16.5. The molecular formula is C20H20ClN3O2. The molecule has 6 heteroatoms. The average molecular weight is 370 g/mol. The zero-order valence-electron chi connectivity index (χ0n) is 14.7. The number of aryl methyl sites for hydroxylation is 2. The van der Waals surface area contributed by atoms with Crippen molar-refractivity contribution in [1.29, 1.82) is 0 Å². The van der Waals surface area contributed by atoms with Gasteiger partial charge in [0.05, 0.1) is 6.04 Å². The van der Waals surface area contributed by atoms with E-state index in [0.717, 1.165) is 16.7 Å². The van der Waals surface area contributed by atoms with Crippen LogP contribution in [0.5, 0.6) is 0 Å². The molecule has 26 heavy (non-hydrogen) atoms. The maximum atomic E-state index is 12.2. The van der Waals surface area contributed by atoms with Gasteiger partial charge in [0, 0.05) is 23.4 Å². The highest BCUT2D eigenvalue weighted by Gasteiger charge is 2.13. The summed E-state index contributed by atoms with van der Waals surface area (Å²) in [6.07, 6.45) is 0.686. The predicted molar refractivity (Wildman–Crippen MR) is 101 cm³/mol. The first-order valence-corrected chi connectivity index (χ1v) is 8.83. The standard InChI is InChI=1S/C20H20ClN3O2/c1-13-4-3-5-16(12-13)20-23-19(26-24-20)11-10-18(25)22-14(2)15-6-8-17(21)9-7-15/h3-9,12,14H,10-11H2,1-2H3,(H,22,25)/t14-/m1/s1. The summed E-state index contributed by atoms with van der Waals surface area (Å²) in [5, 5.41) is 7.63. The molecule has 2 aromatic carbocycles. The van der Waals surface area contributed by atoms with E-state index in [1.807, 2.05) is 62.4 Å². The highest BCUT2D eigenvalue weighted by molar-refractivity contribution is 6.30. The number of carbonyl (C=O) groups is 1. The smallest absolute Gasteiger partial charge is 0.227 e. The van der Waals surface area contributed by atoms with E-state index in [4.69, 9.17) is 16.1 Å². The van der Waals surface area contributed by atoms with Gasteiger partial charge in [-0.3, -0.25) is 4.79 Å². The molecule has 134 valence electrons. The molecule has 0 aliphatic rings. The van der Waals surface area contributed by atoms with Crippen molar-refractivity contribution >= 4 is 17.5 Å². The summed E-state index contributed by atoms with van der Waals surface area (Å²) in [6.45, 7) is 3.94. The normalized spacial score (nSPS) is 12.0. The summed E-state index contributed by atoms with van der Waals surface area (Å²) in [5.41, 5.74) is 3.03. The quantitative estimate of drug-likeness (QED) is 0.694. The molecule has 1 heterocycles. The molecule has 3 rings (SSSR count). The van der Waals surface area contributed by atoms with Crippen molar-refractivity contribution in [2.24, 2.45) is 0 Å². The Morgan fingerprint density at radius 1 is 1.23 bits per heavy atom. The van der Waals surface area contributed by atoms with Gasteiger partial charge in [0.25, 0.3) is 0 Å². The number of hydrogen-bond acceptors (Lipinski definition) is 4. The van der Waals surface area contributed by atoms with Crippen molar-refractivity contribution < 1.29 is 9.32 Å². The lowest BCUT2D eigenvalue weighted by atomic mass is 10.1. The number of amides is 1. The van der Waals surface area contributed by atoms with Gasteiger partial charge in [0.1, 0.15) is 0 Å². The zero-order chi connectivity index (χ0) is 18.5. The fourth-order valence-electron chi connectivity index (χ4n) is 2.63. The van der Waals surface area contributed by atoms with Crippen molar-refractivity contribution in [2.75, 3.05) is 0 Å². The molecule has 1 amide bonds. The van der Waals surface area contributed by atoms with E-state index >= 15 is 0 Å². The highest BCUT2D eigenvalue weighted by atomic mass is 35.5. The number of aromatic nitrogens is 2. The van der Waals surface area contributed by atoms with E-state index in [1.54, 1.807) is 0 Å². The molecule has 5 nitrogen and oxygen atoms in total. The van der Waals surface area contributed by atoms with Gasteiger partial charge in [-0.15, -0.1) is 0 Å². The molecule has 0 saturated carbocycles. The van der Waals surface area contributed by atoms with E-state index < -0.39 is 0 Å². The van der Waals surface area contributed by atoms with Gasteiger partial charge in [-0.05, 0) is 37.6 Å². The molecule has 1 atom stereocenters. The Kier molecular flexibility index (Phi) is 5.68. The fraction of sp³-hybridized carbons (Fsp3) is 0.250. The van der Waals surface area contributed by atoms with Crippen LogP contribution >= 0.6 is 11.6 Å². The molecule has 0 saturated heterocycles. The van der Waals surface area contributed by atoms with Gasteiger partial charge in [-0.2, -0.15) is 4.98 Å². The number of rotatable bonds is 6. The van der Waals surface area contributed by atoms with Crippen molar-refractivity contribution in [3.63, 3.8) is 0 Å². The number of nitrogens with one attached hydrogen (secondary N) is 1. The first-order chi connectivity index (χ1) is 12.5. The number of benzene rings is 2. The SMILES string of the molecule is Cc1cccc(-c2noc(CCC(=O)N[C@H](C)c3ccc(Cl)cc3)n2)c1. The Morgan fingerprint density at radius 2 is 2.00 bits per heavy atom. The van der Waals surface area contributed by atoms with Crippen LogP contribution in [-0.2, 0) is 11.2 Å². The second-order valence-corrected chi connectivity index (χ2v) is 6.66. The number of carbonyl (C=O) groups excluding carboxylic acids is 1.